The van der Waals surface area contributed by atoms with E-state index in [1.54, 1.807) is 17.2 Å². The van der Waals surface area contributed by atoms with Gasteiger partial charge in [0.1, 0.15) is 24.0 Å². The predicted molar refractivity (Wildman–Crippen MR) is 130 cm³/mol. The van der Waals surface area contributed by atoms with Crippen LogP contribution in [-0.4, -0.2) is 78.2 Å². The molecule has 0 spiro atoms. The van der Waals surface area contributed by atoms with Gasteiger partial charge in [-0.2, -0.15) is 4.68 Å². The number of carbonyl (C=O) groups is 2. The summed E-state index contributed by atoms with van der Waals surface area (Å²) in [5, 5.41) is 24.3. The summed E-state index contributed by atoms with van der Waals surface area (Å²) in [4.78, 5) is 28.4. The van der Waals surface area contributed by atoms with E-state index in [0.29, 0.717) is 12.4 Å². The lowest BCUT2D eigenvalue weighted by molar-refractivity contribution is -0.140. The summed E-state index contributed by atoms with van der Waals surface area (Å²) in [5.74, 6) is -0.459. The van der Waals surface area contributed by atoms with Crippen LogP contribution in [0.4, 0.5) is 0 Å². The van der Waals surface area contributed by atoms with Gasteiger partial charge in [-0.1, -0.05) is 17.9 Å². The largest absolute Gasteiger partial charge is 0.481 e. The van der Waals surface area contributed by atoms with Crippen molar-refractivity contribution < 1.29 is 28.9 Å². The van der Waals surface area contributed by atoms with Crippen LogP contribution in [0.1, 0.15) is 44.6 Å². The van der Waals surface area contributed by atoms with E-state index < -0.39 is 11.4 Å². The van der Waals surface area contributed by atoms with Crippen molar-refractivity contribution in [3.8, 4) is 17.4 Å². The molecule has 200 valence electrons. The monoisotopic (exact) mass is 523 g/mol. The van der Waals surface area contributed by atoms with E-state index in [1.165, 1.54) is 0 Å². The molecule has 0 radical (unpaired) electrons. The molecule has 1 aromatic carbocycles. The molecule has 3 fully saturated rings. The molecule has 4 atom stereocenters. The number of imidazole rings is 1. The third-order valence-corrected chi connectivity index (χ3v) is 7.72. The predicted octanol–water partition coefficient (Wildman–Crippen LogP) is 1.90. The van der Waals surface area contributed by atoms with E-state index in [9.17, 15) is 14.7 Å². The van der Waals surface area contributed by atoms with Crippen molar-refractivity contribution in [2.24, 2.45) is 5.41 Å². The molecule has 6 rings (SSSR count). The Morgan fingerprint density at radius 2 is 1.89 bits per heavy atom. The number of tetrazole rings is 1. The number of benzene rings is 1. The minimum Gasteiger partial charge on any atom is -0.481 e. The first-order valence-corrected chi connectivity index (χ1v) is 12.8. The fraction of sp³-hybridized carbons (Fsp3) is 0.520. The maximum atomic E-state index is 12.9. The lowest BCUT2D eigenvalue weighted by atomic mass is 9.79. The van der Waals surface area contributed by atoms with Gasteiger partial charge in [0, 0.05) is 24.5 Å². The number of nitrogens with zero attached hydrogens (tertiary/aromatic N) is 6. The average molecular weight is 524 g/mol. The van der Waals surface area contributed by atoms with E-state index in [2.05, 4.69) is 25.8 Å². The summed E-state index contributed by atoms with van der Waals surface area (Å²) < 4.78 is 21.5. The van der Waals surface area contributed by atoms with Gasteiger partial charge in [0.25, 0.3) is 0 Å². The van der Waals surface area contributed by atoms with Crippen LogP contribution in [-0.2, 0) is 19.1 Å². The molecule has 1 amide bonds. The summed E-state index contributed by atoms with van der Waals surface area (Å²) in [5.41, 5.74) is 0.472. The zero-order valence-electron chi connectivity index (χ0n) is 20.7. The number of carboxylic acid groups (broad SMARTS) is 1. The molecule has 2 aliphatic heterocycles. The standard InChI is InChI=1S/C25H29N7O6/c33-20(11-25(12-21(34)35)7-1-2-8-25)27-18-13-36-23-19(14-37-22(18)23)32-24(28-29-30-32)38-17-5-3-16(4-6-17)31-10-9-26-15-31/h3-6,9-10,15,18-19,22-23H,1-2,7-8,11-14H2,(H,27,33)(H,34,35). The van der Waals surface area contributed by atoms with Crippen molar-refractivity contribution in [2.75, 3.05) is 13.2 Å². The van der Waals surface area contributed by atoms with Crippen LogP contribution in [0.2, 0.25) is 0 Å². The molecule has 1 saturated carbocycles. The number of hydrogen-bond donors (Lipinski definition) is 2. The molecule has 3 aliphatic rings. The normalized spacial score (nSPS) is 25.8. The van der Waals surface area contributed by atoms with E-state index in [1.807, 2.05) is 35.0 Å². The number of fused-ring (bicyclic) bond motifs is 1. The van der Waals surface area contributed by atoms with Crippen molar-refractivity contribution in [2.45, 2.75) is 62.8 Å². The molecular formula is C25H29N7O6. The van der Waals surface area contributed by atoms with Crippen molar-refractivity contribution in [3.63, 3.8) is 0 Å². The third-order valence-electron chi connectivity index (χ3n) is 7.72. The highest BCUT2D eigenvalue weighted by Crippen LogP contribution is 2.44. The highest BCUT2D eigenvalue weighted by Gasteiger charge is 2.50. The van der Waals surface area contributed by atoms with Gasteiger partial charge >= 0.3 is 12.0 Å². The lowest BCUT2D eigenvalue weighted by Crippen LogP contribution is -2.45. The van der Waals surface area contributed by atoms with Crippen LogP contribution < -0.4 is 10.1 Å². The van der Waals surface area contributed by atoms with Gasteiger partial charge in [0.15, 0.2) is 0 Å². The third kappa shape index (κ3) is 4.86. The molecule has 38 heavy (non-hydrogen) atoms. The first kappa shape index (κ1) is 24.5. The summed E-state index contributed by atoms with van der Waals surface area (Å²) >= 11 is 0. The van der Waals surface area contributed by atoms with Gasteiger partial charge in [0.2, 0.25) is 5.91 Å². The number of hydrogen-bond acceptors (Lipinski definition) is 9. The van der Waals surface area contributed by atoms with Gasteiger partial charge < -0.3 is 29.2 Å². The molecular weight excluding hydrogens is 494 g/mol. The zero-order chi connectivity index (χ0) is 26.1. The molecule has 2 aromatic heterocycles. The van der Waals surface area contributed by atoms with Gasteiger partial charge in [-0.3, -0.25) is 9.59 Å². The Balaban J connectivity index is 1.09. The Morgan fingerprint density at radius 1 is 1.11 bits per heavy atom. The Hall–Kier alpha value is -3.84. The number of carbonyl (C=O) groups excluding carboxylic acids is 1. The minimum absolute atomic E-state index is 0.0145. The maximum absolute atomic E-state index is 12.9. The summed E-state index contributed by atoms with van der Waals surface area (Å²) in [6.45, 7) is 0.586. The molecule has 4 heterocycles. The number of ether oxygens (including phenoxy) is 3. The molecule has 1 aliphatic carbocycles. The Morgan fingerprint density at radius 3 is 2.63 bits per heavy atom. The number of aromatic nitrogens is 6. The molecule has 4 unspecified atom stereocenters. The molecule has 3 aromatic rings. The average Bonchev–Trinajstić information content (AvgIpc) is 3.71. The summed E-state index contributed by atoms with van der Waals surface area (Å²) in [7, 11) is 0. The quantitative estimate of drug-likeness (QED) is 0.425. The Kier molecular flexibility index (Phi) is 6.54. The van der Waals surface area contributed by atoms with Crippen LogP contribution in [0.25, 0.3) is 5.69 Å². The second kappa shape index (κ2) is 10.1. The highest BCUT2D eigenvalue weighted by molar-refractivity contribution is 5.78. The van der Waals surface area contributed by atoms with E-state index in [0.717, 1.165) is 31.4 Å². The van der Waals surface area contributed by atoms with Gasteiger partial charge in [-0.05, 0) is 52.9 Å². The second-order valence-electron chi connectivity index (χ2n) is 10.3. The van der Waals surface area contributed by atoms with Crippen LogP contribution >= 0.6 is 0 Å². The zero-order valence-corrected chi connectivity index (χ0v) is 20.7. The highest BCUT2D eigenvalue weighted by atomic mass is 16.6. The Labute approximate surface area is 218 Å². The maximum Gasteiger partial charge on any atom is 0.341 e. The number of amides is 1. The molecule has 2 saturated heterocycles. The topological polar surface area (TPSA) is 156 Å². The number of nitrogens with one attached hydrogen (secondary N) is 1. The second-order valence-corrected chi connectivity index (χ2v) is 10.3. The van der Waals surface area contributed by atoms with Gasteiger partial charge in [-0.15, -0.1) is 0 Å². The summed E-state index contributed by atoms with van der Waals surface area (Å²) in [6, 6.07) is 6.99. The molecule has 13 nitrogen and oxygen atoms in total. The number of aliphatic carboxylic acids is 1. The summed E-state index contributed by atoms with van der Waals surface area (Å²) in [6.07, 6.45) is 8.18. The molecule has 2 N–H and O–H groups in total. The number of carboxylic acids is 1. The van der Waals surface area contributed by atoms with Crippen molar-refractivity contribution >= 4 is 11.9 Å². The first-order valence-electron chi connectivity index (χ1n) is 12.8. The van der Waals surface area contributed by atoms with Gasteiger partial charge in [0.05, 0.1) is 32.0 Å². The van der Waals surface area contributed by atoms with Crippen LogP contribution in [0.3, 0.4) is 0 Å². The van der Waals surface area contributed by atoms with E-state index in [4.69, 9.17) is 14.2 Å². The first-order chi connectivity index (χ1) is 18.5. The van der Waals surface area contributed by atoms with Crippen molar-refractivity contribution in [1.29, 1.82) is 0 Å². The minimum atomic E-state index is -0.862. The Bertz CT molecular complexity index is 1270. The van der Waals surface area contributed by atoms with Crippen molar-refractivity contribution in [3.05, 3.63) is 43.0 Å². The van der Waals surface area contributed by atoms with Crippen LogP contribution in [0.5, 0.6) is 11.8 Å². The molecule has 0 bridgehead atoms. The van der Waals surface area contributed by atoms with E-state index >= 15 is 0 Å². The fourth-order valence-corrected chi connectivity index (χ4v) is 5.94. The van der Waals surface area contributed by atoms with E-state index in [-0.39, 0.29) is 55.7 Å². The lowest BCUT2D eigenvalue weighted by Gasteiger charge is -2.27. The number of rotatable bonds is 9. The molecule has 13 heteroatoms. The SMILES string of the molecule is O=C(O)CC1(CC(=O)NC2COC3C2OCC3n2nnnc2Oc2ccc(-n3ccnc3)cc2)CCCC1. The van der Waals surface area contributed by atoms with Crippen LogP contribution in [0.15, 0.2) is 43.0 Å². The van der Waals surface area contributed by atoms with Gasteiger partial charge in [-0.25, -0.2) is 4.98 Å². The fourth-order valence-electron chi connectivity index (χ4n) is 5.94. The van der Waals surface area contributed by atoms with Crippen molar-refractivity contribution in [1.82, 2.24) is 35.1 Å². The van der Waals surface area contributed by atoms with Crippen LogP contribution in [0, 0.1) is 5.41 Å². The smallest absolute Gasteiger partial charge is 0.341 e.